The minimum absolute atomic E-state index is 0. The minimum atomic E-state index is -0.704. The smallest absolute Gasteiger partial charge is 1.00 e. The van der Waals surface area contributed by atoms with Gasteiger partial charge in [0.25, 0.3) is 0 Å². The van der Waals surface area contributed by atoms with Crippen molar-refractivity contribution in [1.82, 2.24) is 0 Å². The van der Waals surface area contributed by atoms with Crippen LogP contribution in [0.4, 0.5) is 0 Å². The summed E-state index contributed by atoms with van der Waals surface area (Å²) in [6.45, 7) is 2.48. The van der Waals surface area contributed by atoms with Crippen molar-refractivity contribution >= 4 is 19.6 Å². The molecule has 1 fully saturated rings. The van der Waals surface area contributed by atoms with Gasteiger partial charge in [-0.15, -0.1) is 0 Å². The van der Waals surface area contributed by atoms with E-state index in [-0.39, 0.29) is 24.0 Å². The summed E-state index contributed by atoms with van der Waals surface area (Å²) in [5.41, 5.74) is 1.59. The summed E-state index contributed by atoms with van der Waals surface area (Å²) in [6, 6.07) is 11.1. The summed E-state index contributed by atoms with van der Waals surface area (Å²) < 4.78 is 4.19. The SMILES string of the molecule is CC1CCC[Te+]1Cc1ccccc1.[I-]. The molecule has 78 valence electrons. The van der Waals surface area contributed by atoms with E-state index in [4.69, 9.17) is 0 Å². The van der Waals surface area contributed by atoms with Crippen LogP contribution in [0.5, 0.6) is 0 Å². The third-order valence-corrected chi connectivity index (χ3v) is 11.0. The summed E-state index contributed by atoms with van der Waals surface area (Å²) in [6.07, 6.45) is 3.04. The van der Waals surface area contributed by atoms with Crippen LogP contribution in [0.1, 0.15) is 25.3 Å². The third-order valence-electron chi connectivity index (χ3n) is 2.78. The van der Waals surface area contributed by atoms with E-state index in [1.54, 1.807) is 10.0 Å². The molecule has 1 saturated heterocycles. The van der Waals surface area contributed by atoms with Crippen LogP contribution in [0.3, 0.4) is 0 Å². The van der Waals surface area contributed by atoms with E-state index in [1.807, 2.05) is 0 Å². The second-order valence-corrected chi connectivity index (χ2v) is 11.2. The molecule has 14 heavy (non-hydrogen) atoms. The average molecular weight is 416 g/mol. The molecule has 0 aromatic heterocycles. The van der Waals surface area contributed by atoms with Crippen molar-refractivity contribution in [3.63, 3.8) is 0 Å². The Bertz CT molecular complexity index is 260. The van der Waals surface area contributed by atoms with Crippen molar-refractivity contribution in [1.29, 1.82) is 0 Å². The zero-order valence-electron chi connectivity index (χ0n) is 8.58. The van der Waals surface area contributed by atoms with Crippen molar-refractivity contribution in [2.75, 3.05) is 0 Å². The maximum atomic E-state index is 2.48. The van der Waals surface area contributed by atoms with Crippen LogP contribution >= 0.6 is 0 Å². The van der Waals surface area contributed by atoms with Gasteiger partial charge in [-0.05, 0) is 0 Å². The Morgan fingerprint density at radius 3 is 2.57 bits per heavy atom. The zero-order valence-corrected chi connectivity index (χ0v) is 13.1. The van der Waals surface area contributed by atoms with E-state index < -0.39 is 19.6 Å². The predicted molar refractivity (Wildman–Crippen MR) is 59.4 cm³/mol. The molecule has 1 aromatic rings. The van der Waals surface area contributed by atoms with Crippen molar-refractivity contribution in [2.24, 2.45) is 0 Å². The Kier molecular flexibility index (Phi) is 5.81. The molecule has 1 atom stereocenters. The van der Waals surface area contributed by atoms with Gasteiger partial charge in [0.1, 0.15) is 0 Å². The van der Waals surface area contributed by atoms with Crippen LogP contribution in [-0.2, 0) is 4.47 Å². The maximum Gasteiger partial charge on any atom is -1.00 e. The van der Waals surface area contributed by atoms with E-state index in [0.29, 0.717) is 0 Å². The Labute approximate surface area is 111 Å². The molecule has 1 aliphatic rings. The first kappa shape index (κ1) is 12.8. The largest absolute Gasteiger partial charge is 1.00 e. The molecule has 0 nitrogen and oxygen atoms in total. The Morgan fingerprint density at radius 1 is 1.29 bits per heavy atom. The van der Waals surface area contributed by atoms with Crippen molar-refractivity contribution in [3.8, 4) is 0 Å². The average Bonchev–Trinajstić information content (AvgIpc) is 2.54. The fourth-order valence-electron chi connectivity index (χ4n) is 1.93. The number of hydrogen-bond acceptors (Lipinski definition) is 0. The van der Waals surface area contributed by atoms with Gasteiger partial charge in [0.05, 0.1) is 0 Å². The Balaban J connectivity index is 0.000000980. The molecule has 1 heterocycles. The minimum Gasteiger partial charge on any atom is -1.00 e. The quantitative estimate of drug-likeness (QED) is 0.486. The van der Waals surface area contributed by atoms with E-state index in [1.165, 1.54) is 17.3 Å². The van der Waals surface area contributed by atoms with E-state index in [2.05, 4.69) is 37.3 Å². The predicted octanol–water partition coefficient (Wildman–Crippen LogP) is 0.451. The monoisotopic (exact) mass is 418 g/mol. The summed E-state index contributed by atoms with van der Waals surface area (Å²) in [5, 5.41) is 0. The van der Waals surface area contributed by atoms with Gasteiger partial charge in [-0.25, -0.2) is 0 Å². The van der Waals surface area contributed by atoms with Gasteiger partial charge in [-0.2, -0.15) is 0 Å². The number of halogens is 1. The Hall–Kier alpha value is 0.740. The van der Waals surface area contributed by atoms with Crippen LogP contribution in [0, 0.1) is 0 Å². The molecule has 0 spiro atoms. The summed E-state index contributed by atoms with van der Waals surface area (Å²) in [7, 11) is 0. The molecule has 0 N–H and O–H groups in total. The van der Waals surface area contributed by atoms with Crippen LogP contribution in [0.2, 0.25) is 8.43 Å². The normalized spacial score (nSPS) is 21.9. The van der Waals surface area contributed by atoms with Crippen molar-refractivity contribution in [2.45, 2.75) is 32.7 Å². The van der Waals surface area contributed by atoms with Crippen molar-refractivity contribution < 1.29 is 24.0 Å². The molecule has 0 amide bonds. The summed E-state index contributed by atoms with van der Waals surface area (Å²) in [4.78, 5) is 0. The number of rotatable bonds is 2. The van der Waals surface area contributed by atoms with Crippen LogP contribution in [0.25, 0.3) is 0 Å². The summed E-state index contributed by atoms with van der Waals surface area (Å²) >= 11 is -0.704. The molecule has 0 radical (unpaired) electrons. The van der Waals surface area contributed by atoms with Crippen molar-refractivity contribution in [3.05, 3.63) is 35.9 Å². The topological polar surface area (TPSA) is 0 Å². The molecular formula is C12H17ITe. The first-order valence-corrected chi connectivity index (χ1v) is 9.70. The second kappa shape index (κ2) is 6.35. The molecule has 0 bridgehead atoms. The third kappa shape index (κ3) is 3.40. The van der Waals surface area contributed by atoms with Gasteiger partial charge in [-0.1, -0.05) is 0 Å². The van der Waals surface area contributed by atoms with Gasteiger partial charge in [-0.3, -0.25) is 0 Å². The fraction of sp³-hybridized carbons (Fsp3) is 0.500. The molecule has 0 saturated carbocycles. The van der Waals surface area contributed by atoms with Gasteiger partial charge in [0.15, 0.2) is 0 Å². The van der Waals surface area contributed by atoms with E-state index >= 15 is 0 Å². The number of hydrogen-bond donors (Lipinski definition) is 0. The first-order chi connectivity index (χ1) is 6.36. The molecule has 1 unspecified atom stereocenters. The fourth-order valence-corrected chi connectivity index (χ4v) is 9.03. The van der Waals surface area contributed by atoms with Crippen LogP contribution in [0.15, 0.2) is 30.3 Å². The van der Waals surface area contributed by atoms with E-state index in [0.717, 1.165) is 3.97 Å². The molecule has 2 heteroatoms. The number of benzene rings is 1. The Morgan fingerprint density at radius 2 is 2.00 bits per heavy atom. The zero-order chi connectivity index (χ0) is 9.10. The maximum absolute atomic E-state index is 2.48. The van der Waals surface area contributed by atoms with E-state index in [9.17, 15) is 0 Å². The summed E-state index contributed by atoms with van der Waals surface area (Å²) in [5.74, 6) is 0. The van der Waals surface area contributed by atoms with Gasteiger partial charge in [0, 0.05) is 0 Å². The van der Waals surface area contributed by atoms with Crippen LogP contribution in [-0.4, -0.2) is 19.6 Å². The van der Waals surface area contributed by atoms with Gasteiger partial charge >= 0.3 is 88.1 Å². The molecule has 0 aliphatic carbocycles. The second-order valence-electron chi connectivity index (χ2n) is 3.82. The first-order valence-electron chi connectivity index (χ1n) is 5.06. The molecule has 1 aliphatic heterocycles. The van der Waals surface area contributed by atoms with Gasteiger partial charge < -0.3 is 24.0 Å². The van der Waals surface area contributed by atoms with Gasteiger partial charge in [0.2, 0.25) is 0 Å². The van der Waals surface area contributed by atoms with Crippen LogP contribution < -0.4 is 24.0 Å². The molecular weight excluding hydrogens is 399 g/mol. The molecule has 1 aromatic carbocycles. The standard InChI is InChI=1S/C12H17Te.HI/c1-11-6-5-9-13(11)10-12-7-3-2-4-8-12;/h2-4,7-8,11H,5-6,9-10H2,1H3;1H/q+1;/p-1. The molecule has 2 rings (SSSR count).